The summed E-state index contributed by atoms with van der Waals surface area (Å²) in [5, 5.41) is 8.89. The molecule has 0 unspecified atom stereocenters. The Morgan fingerprint density at radius 1 is 1.47 bits per heavy atom. The molecule has 102 valence electrons. The maximum atomic E-state index is 12.4. The van der Waals surface area contributed by atoms with Crippen LogP contribution in [0.15, 0.2) is 29.2 Å². The average Bonchev–Trinajstić information content (AvgIpc) is 2.81. The molecule has 1 amide bonds. The van der Waals surface area contributed by atoms with Crippen LogP contribution >= 0.6 is 11.8 Å². The summed E-state index contributed by atoms with van der Waals surface area (Å²) >= 11 is 1.68. The van der Waals surface area contributed by atoms with Crippen LogP contribution in [-0.4, -0.2) is 41.2 Å². The number of likely N-dealkylation sites (N-methyl/N-ethyl adjacent to an activating group) is 1. The zero-order valence-corrected chi connectivity index (χ0v) is 11.8. The molecule has 1 aromatic carbocycles. The van der Waals surface area contributed by atoms with Crippen LogP contribution in [0.4, 0.5) is 0 Å². The Morgan fingerprint density at radius 2 is 2.16 bits per heavy atom. The number of rotatable bonds is 4. The lowest BCUT2D eigenvalue weighted by molar-refractivity contribution is -0.142. The molecule has 19 heavy (non-hydrogen) atoms. The molecule has 0 saturated heterocycles. The number of carboxylic acids is 1. The quantitative estimate of drug-likeness (QED) is 0.916. The predicted molar refractivity (Wildman–Crippen MR) is 74.3 cm³/mol. The van der Waals surface area contributed by atoms with Gasteiger partial charge in [-0.1, -0.05) is 25.1 Å². The third-order valence-corrected chi connectivity index (χ3v) is 4.53. The van der Waals surface area contributed by atoms with Crippen LogP contribution in [0.5, 0.6) is 0 Å². The maximum Gasteiger partial charge on any atom is 0.308 e. The molecule has 1 heterocycles. The Kier molecular flexibility index (Phi) is 4.14. The van der Waals surface area contributed by atoms with Crippen molar-refractivity contribution in [2.45, 2.75) is 17.7 Å². The van der Waals surface area contributed by atoms with E-state index in [0.29, 0.717) is 0 Å². The van der Waals surface area contributed by atoms with E-state index in [4.69, 9.17) is 5.11 Å². The Bertz CT molecular complexity index is 503. The second-order valence-corrected chi connectivity index (χ2v) is 5.92. The zero-order valence-electron chi connectivity index (χ0n) is 11.0. The van der Waals surface area contributed by atoms with Gasteiger partial charge in [-0.2, -0.15) is 0 Å². The van der Waals surface area contributed by atoms with Gasteiger partial charge in [0, 0.05) is 24.2 Å². The molecular formula is C14H17NO3S. The fourth-order valence-electron chi connectivity index (χ4n) is 2.21. The van der Waals surface area contributed by atoms with E-state index in [1.165, 1.54) is 4.90 Å². The lowest BCUT2D eigenvalue weighted by Crippen LogP contribution is -2.37. The number of carbonyl (C=O) groups excluding carboxylic acids is 1. The highest BCUT2D eigenvalue weighted by Crippen LogP contribution is 2.40. The Hall–Kier alpha value is -1.49. The summed E-state index contributed by atoms with van der Waals surface area (Å²) in [6.07, 6.45) is 0. The molecule has 0 saturated carbocycles. The number of carbonyl (C=O) groups is 2. The molecule has 0 aromatic heterocycles. The molecule has 0 radical (unpaired) electrons. The molecule has 1 N–H and O–H groups in total. The number of aliphatic carboxylic acids is 1. The molecule has 2 atom stereocenters. The van der Waals surface area contributed by atoms with Crippen molar-refractivity contribution in [2.24, 2.45) is 5.92 Å². The maximum absolute atomic E-state index is 12.4. The molecule has 0 bridgehead atoms. The third kappa shape index (κ3) is 2.92. The molecular weight excluding hydrogens is 262 g/mol. The first-order valence-corrected chi connectivity index (χ1v) is 7.18. The van der Waals surface area contributed by atoms with Crippen molar-refractivity contribution in [3.8, 4) is 0 Å². The molecule has 2 rings (SSSR count). The number of thioether (sulfide) groups is 1. The van der Waals surface area contributed by atoms with Crippen LogP contribution in [0.1, 0.15) is 18.4 Å². The topological polar surface area (TPSA) is 57.6 Å². The fraction of sp³-hybridized carbons (Fsp3) is 0.429. The van der Waals surface area contributed by atoms with Crippen LogP contribution in [0.25, 0.3) is 0 Å². The van der Waals surface area contributed by atoms with Gasteiger partial charge in [-0.25, -0.2) is 0 Å². The largest absolute Gasteiger partial charge is 0.481 e. The lowest BCUT2D eigenvalue weighted by Gasteiger charge is -2.23. The van der Waals surface area contributed by atoms with Gasteiger partial charge in [-0.05, 0) is 11.6 Å². The Balaban J connectivity index is 2.07. The number of hydrogen-bond acceptors (Lipinski definition) is 3. The molecule has 1 aromatic rings. The number of nitrogens with zero attached hydrogens (tertiary/aromatic N) is 1. The first kappa shape index (κ1) is 13.9. The van der Waals surface area contributed by atoms with Crippen LogP contribution in [-0.2, 0) is 9.59 Å². The van der Waals surface area contributed by atoms with Gasteiger partial charge in [-0.15, -0.1) is 11.8 Å². The van der Waals surface area contributed by atoms with E-state index < -0.39 is 11.9 Å². The van der Waals surface area contributed by atoms with E-state index in [1.807, 2.05) is 24.3 Å². The first-order valence-electron chi connectivity index (χ1n) is 6.20. The smallest absolute Gasteiger partial charge is 0.308 e. The minimum atomic E-state index is -0.874. The van der Waals surface area contributed by atoms with Gasteiger partial charge >= 0.3 is 5.97 Å². The summed E-state index contributed by atoms with van der Waals surface area (Å²) in [7, 11) is 1.67. The molecule has 5 heteroatoms. The van der Waals surface area contributed by atoms with Crippen molar-refractivity contribution in [3.05, 3.63) is 29.8 Å². The summed E-state index contributed by atoms with van der Waals surface area (Å²) < 4.78 is 0. The van der Waals surface area contributed by atoms with Gasteiger partial charge in [0.25, 0.3) is 0 Å². The minimum absolute atomic E-state index is 0.00514. The number of fused-ring (bicyclic) bond motifs is 1. The second-order valence-electron chi connectivity index (χ2n) is 4.86. The van der Waals surface area contributed by atoms with E-state index in [1.54, 1.807) is 25.7 Å². The van der Waals surface area contributed by atoms with Crippen LogP contribution in [0, 0.1) is 5.92 Å². The van der Waals surface area contributed by atoms with Gasteiger partial charge in [-0.3, -0.25) is 9.59 Å². The molecule has 4 nitrogen and oxygen atoms in total. The monoisotopic (exact) mass is 279 g/mol. The summed E-state index contributed by atoms with van der Waals surface area (Å²) in [5.41, 5.74) is 1.06. The van der Waals surface area contributed by atoms with E-state index in [0.717, 1.165) is 16.2 Å². The normalized spacial score (nSPS) is 18.7. The van der Waals surface area contributed by atoms with E-state index >= 15 is 0 Å². The van der Waals surface area contributed by atoms with Gasteiger partial charge < -0.3 is 10.0 Å². The second kappa shape index (κ2) is 5.65. The van der Waals surface area contributed by atoms with E-state index in [2.05, 4.69) is 0 Å². The van der Waals surface area contributed by atoms with Crippen LogP contribution in [0.3, 0.4) is 0 Å². The standard InChI is InChI=1S/C14H17NO3S/c1-9(14(17)18)7-15(2)13(16)11-8-19-12-6-4-3-5-10(11)12/h3-6,9,11H,7-8H2,1-2H3,(H,17,18)/t9-,11+/m1/s1. The van der Waals surface area contributed by atoms with Crippen molar-refractivity contribution in [3.63, 3.8) is 0 Å². The van der Waals surface area contributed by atoms with Crippen molar-refractivity contribution < 1.29 is 14.7 Å². The summed E-state index contributed by atoms with van der Waals surface area (Å²) in [6.45, 7) is 1.86. The third-order valence-electron chi connectivity index (χ3n) is 3.34. The van der Waals surface area contributed by atoms with E-state index in [-0.39, 0.29) is 18.4 Å². The highest BCUT2D eigenvalue weighted by atomic mass is 32.2. The number of benzene rings is 1. The molecule has 1 aliphatic heterocycles. The van der Waals surface area contributed by atoms with E-state index in [9.17, 15) is 9.59 Å². The summed E-state index contributed by atoms with van der Waals surface area (Å²) in [5.74, 6) is -0.818. The number of amides is 1. The summed E-state index contributed by atoms with van der Waals surface area (Å²) in [6, 6.07) is 7.90. The number of hydrogen-bond donors (Lipinski definition) is 1. The predicted octanol–water partition coefficient (Wildman–Crippen LogP) is 2.05. The summed E-state index contributed by atoms with van der Waals surface area (Å²) in [4.78, 5) is 25.9. The van der Waals surface area contributed by atoms with Crippen molar-refractivity contribution in [2.75, 3.05) is 19.3 Å². The number of carboxylic acid groups (broad SMARTS) is 1. The highest BCUT2D eigenvalue weighted by Gasteiger charge is 2.31. The molecule has 1 aliphatic rings. The highest BCUT2D eigenvalue weighted by molar-refractivity contribution is 7.99. The first-order chi connectivity index (χ1) is 9.00. The SMILES string of the molecule is C[C@H](CN(C)C(=O)[C@H]1CSc2ccccc21)C(=O)O. The minimum Gasteiger partial charge on any atom is -0.481 e. The van der Waals surface area contributed by atoms with Gasteiger partial charge in [0.15, 0.2) is 0 Å². The van der Waals surface area contributed by atoms with Gasteiger partial charge in [0.05, 0.1) is 11.8 Å². The fourth-order valence-corrected chi connectivity index (χ4v) is 3.43. The van der Waals surface area contributed by atoms with Crippen molar-refractivity contribution in [1.29, 1.82) is 0 Å². The zero-order chi connectivity index (χ0) is 14.0. The van der Waals surface area contributed by atoms with Crippen molar-refractivity contribution in [1.82, 2.24) is 4.90 Å². The average molecular weight is 279 g/mol. The molecule has 0 aliphatic carbocycles. The van der Waals surface area contributed by atoms with Crippen molar-refractivity contribution >= 4 is 23.6 Å². The lowest BCUT2D eigenvalue weighted by atomic mass is 9.99. The Labute approximate surface area is 116 Å². The Morgan fingerprint density at radius 3 is 2.84 bits per heavy atom. The molecule has 0 fully saturated rings. The van der Waals surface area contributed by atoms with Crippen LogP contribution < -0.4 is 0 Å². The van der Waals surface area contributed by atoms with Gasteiger partial charge in [0.2, 0.25) is 5.91 Å². The van der Waals surface area contributed by atoms with Crippen LogP contribution in [0.2, 0.25) is 0 Å². The molecule has 0 spiro atoms. The van der Waals surface area contributed by atoms with Gasteiger partial charge in [0.1, 0.15) is 0 Å².